The highest BCUT2D eigenvalue weighted by Gasteiger charge is 2.04. The first-order valence-electron chi connectivity index (χ1n) is 4.11. The first-order valence-corrected chi connectivity index (χ1v) is 4.11. The van der Waals surface area contributed by atoms with E-state index in [-0.39, 0.29) is 17.9 Å². The molecule has 0 aliphatic rings. The van der Waals surface area contributed by atoms with Crippen LogP contribution in [-0.4, -0.2) is 26.0 Å². The van der Waals surface area contributed by atoms with Crippen molar-refractivity contribution in [3.8, 4) is 5.75 Å². The molecule has 0 atom stereocenters. The quantitative estimate of drug-likeness (QED) is 0.555. The van der Waals surface area contributed by atoms with Crippen molar-refractivity contribution in [1.29, 1.82) is 0 Å². The van der Waals surface area contributed by atoms with Gasteiger partial charge in [0, 0.05) is 11.6 Å². The molecule has 0 aromatic heterocycles. The number of aldehydes is 1. The molecule has 80 valence electrons. The predicted octanol–water partition coefficient (Wildman–Crippen LogP) is 1.19. The van der Waals surface area contributed by atoms with Gasteiger partial charge in [0.1, 0.15) is 17.9 Å². The highest BCUT2D eigenvalue weighted by molar-refractivity contribution is 5.75. The van der Waals surface area contributed by atoms with Crippen LogP contribution in [-0.2, 0) is 9.53 Å². The van der Waals surface area contributed by atoms with Gasteiger partial charge in [-0.05, 0) is 12.1 Å². The van der Waals surface area contributed by atoms with Gasteiger partial charge in [0.2, 0.25) is 0 Å². The van der Waals surface area contributed by atoms with Gasteiger partial charge in [0.25, 0.3) is 0 Å². The Balaban J connectivity index is 2.72. The Morgan fingerprint density at radius 1 is 1.47 bits per heavy atom. The molecule has 5 heteroatoms. The molecule has 1 aromatic carbocycles. The molecule has 0 aliphatic carbocycles. The van der Waals surface area contributed by atoms with E-state index in [9.17, 15) is 14.0 Å². The minimum atomic E-state index is -0.598. The summed E-state index contributed by atoms with van der Waals surface area (Å²) in [5.74, 6) is -1.06. The van der Waals surface area contributed by atoms with E-state index in [4.69, 9.17) is 4.74 Å². The summed E-state index contributed by atoms with van der Waals surface area (Å²) in [5.41, 5.74) is 0.148. The lowest BCUT2D eigenvalue weighted by Gasteiger charge is -2.05. The molecule has 0 saturated heterocycles. The summed E-state index contributed by atoms with van der Waals surface area (Å²) in [6.45, 7) is -0.321. The van der Waals surface area contributed by atoms with E-state index in [1.54, 1.807) is 0 Å². The van der Waals surface area contributed by atoms with E-state index >= 15 is 0 Å². The van der Waals surface area contributed by atoms with Gasteiger partial charge in [-0.3, -0.25) is 4.79 Å². The van der Waals surface area contributed by atoms with Crippen molar-refractivity contribution in [2.45, 2.75) is 0 Å². The molecule has 0 aliphatic heterocycles. The van der Waals surface area contributed by atoms with E-state index in [0.29, 0.717) is 6.29 Å². The van der Waals surface area contributed by atoms with Gasteiger partial charge in [-0.25, -0.2) is 9.18 Å². The molecule has 0 N–H and O–H groups in total. The molecule has 15 heavy (non-hydrogen) atoms. The van der Waals surface area contributed by atoms with Crippen molar-refractivity contribution in [1.82, 2.24) is 0 Å². The van der Waals surface area contributed by atoms with Gasteiger partial charge in [0.15, 0.2) is 6.61 Å². The number of carbonyl (C=O) groups is 2. The van der Waals surface area contributed by atoms with Crippen LogP contribution >= 0.6 is 0 Å². The van der Waals surface area contributed by atoms with E-state index in [0.717, 1.165) is 12.1 Å². The van der Waals surface area contributed by atoms with Crippen molar-refractivity contribution in [3.05, 3.63) is 29.6 Å². The molecule has 0 amide bonds. The second-order valence-corrected chi connectivity index (χ2v) is 2.70. The van der Waals surface area contributed by atoms with Crippen LogP contribution in [0.25, 0.3) is 0 Å². The number of methoxy groups -OCH3 is 1. The van der Waals surface area contributed by atoms with E-state index in [1.807, 2.05) is 0 Å². The monoisotopic (exact) mass is 212 g/mol. The molecule has 1 aromatic rings. The Bertz CT molecular complexity index is 376. The van der Waals surface area contributed by atoms with Crippen LogP contribution in [0.2, 0.25) is 0 Å². The SMILES string of the molecule is COC(=O)COc1cc(F)cc(C=O)c1. The number of rotatable bonds is 4. The smallest absolute Gasteiger partial charge is 0.343 e. The zero-order chi connectivity index (χ0) is 11.3. The molecule has 0 heterocycles. The molecular weight excluding hydrogens is 203 g/mol. The number of halogens is 1. The van der Waals surface area contributed by atoms with Gasteiger partial charge >= 0.3 is 5.97 Å². The minimum Gasteiger partial charge on any atom is -0.482 e. The Hall–Kier alpha value is -1.91. The highest BCUT2D eigenvalue weighted by atomic mass is 19.1. The molecule has 0 bridgehead atoms. The number of ether oxygens (including phenoxy) is 2. The average Bonchev–Trinajstić information content (AvgIpc) is 2.25. The number of hydrogen-bond donors (Lipinski definition) is 0. The summed E-state index contributed by atoms with van der Waals surface area (Å²) in [6, 6.07) is 3.48. The molecule has 1 rings (SSSR count). The zero-order valence-electron chi connectivity index (χ0n) is 8.03. The topological polar surface area (TPSA) is 52.6 Å². The fourth-order valence-corrected chi connectivity index (χ4v) is 0.937. The van der Waals surface area contributed by atoms with E-state index < -0.39 is 11.8 Å². The Labute approximate surface area is 85.6 Å². The van der Waals surface area contributed by atoms with Crippen LogP contribution in [0, 0.1) is 5.82 Å². The molecule has 0 fully saturated rings. The molecule has 0 unspecified atom stereocenters. The average molecular weight is 212 g/mol. The van der Waals surface area contributed by atoms with E-state index in [2.05, 4.69) is 4.74 Å². The van der Waals surface area contributed by atoms with Gasteiger partial charge in [-0.1, -0.05) is 0 Å². The lowest BCUT2D eigenvalue weighted by molar-refractivity contribution is -0.142. The van der Waals surface area contributed by atoms with Gasteiger partial charge < -0.3 is 9.47 Å². The maximum absolute atomic E-state index is 12.9. The van der Waals surface area contributed by atoms with Crippen molar-refractivity contribution >= 4 is 12.3 Å². The number of hydrogen-bond acceptors (Lipinski definition) is 4. The third-order valence-electron chi connectivity index (χ3n) is 1.61. The summed E-state index contributed by atoms with van der Waals surface area (Å²) in [4.78, 5) is 21.1. The normalized spacial score (nSPS) is 9.47. The summed E-state index contributed by atoms with van der Waals surface area (Å²) in [5, 5.41) is 0. The summed E-state index contributed by atoms with van der Waals surface area (Å²) >= 11 is 0. The van der Waals surface area contributed by atoms with Crippen molar-refractivity contribution in [2.75, 3.05) is 13.7 Å². The lowest BCUT2D eigenvalue weighted by Crippen LogP contribution is -2.12. The summed E-state index contributed by atoms with van der Waals surface area (Å²) in [7, 11) is 1.22. The van der Waals surface area contributed by atoms with Crippen LogP contribution < -0.4 is 4.74 Å². The Kier molecular flexibility index (Phi) is 3.79. The molecule has 0 radical (unpaired) electrons. The largest absolute Gasteiger partial charge is 0.482 e. The fraction of sp³-hybridized carbons (Fsp3) is 0.200. The Morgan fingerprint density at radius 2 is 2.20 bits per heavy atom. The molecule has 0 saturated carbocycles. The highest BCUT2D eigenvalue weighted by Crippen LogP contribution is 2.15. The van der Waals surface area contributed by atoms with Gasteiger partial charge in [-0.2, -0.15) is 0 Å². The van der Waals surface area contributed by atoms with Crippen molar-refractivity contribution < 1.29 is 23.5 Å². The predicted molar refractivity (Wildman–Crippen MR) is 49.3 cm³/mol. The number of carbonyl (C=O) groups excluding carboxylic acids is 2. The maximum Gasteiger partial charge on any atom is 0.343 e. The second kappa shape index (κ2) is 5.09. The summed E-state index contributed by atoms with van der Waals surface area (Å²) < 4.78 is 22.1. The minimum absolute atomic E-state index is 0.113. The Morgan fingerprint density at radius 3 is 2.80 bits per heavy atom. The van der Waals surface area contributed by atoms with E-state index in [1.165, 1.54) is 13.2 Å². The standard InChI is InChI=1S/C10H9FO4/c1-14-10(13)6-15-9-3-7(5-12)2-8(11)4-9/h2-5H,6H2,1H3. The van der Waals surface area contributed by atoms with Crippen LogP contribution in [0.4, 0.5) is 4.39 Å². The third-order valence-corrected chi connectivity index (χ3v) is 1.61. The third kappa shape index (κ3) is 3.38. The lowest BCUT2D eigenvalue weighted by atomic mass is 10.2. The molecule has 0 spiro atoms. The zero-order valence-corrected chi connectivity index (χ0v) is 8.03. The molecule has 4 nitrogen and oxygen atoms in total. The summed E-state index contributed by atoms with van der Waals surface area (Å²) in [6.07, 6.45) is 0.494. The van der Waals surface area contributed by atoms with Crippen LogP contribution in [0.15, 0.2) is 18.2 Å². The fourth-order valence-electron chi connectivity index (χ4n) is 0.937. The van der Waals surface area contributed by atoms with Crippen LogP contribution in [0.1, 0.15) is 10.4 Å². The number of benzene rings is 1. The van der Waals surface area contributed by atoms with Crippen molar-refractivity contribution in [2.24, 2.45) is 0 Å². The van der Waals surface area contributed by atoms with Crippen LogP contribution in [0.3, 0.4) is 0 Å². The second-order valence-electron chi connectivity index (χ2n) is 2.70. The first-order chi connectivity index (χ1) is 7.15. The van der Waals surface area contributed by atoms with Crippen molar-refractivity contribution in [3.63, 3.8) is 0 Å². The maximum atomic E-state index is 12.9. The van der Waals surface area contributed by atoms with Crippen LogP contribution in [0.5, 0.6) is 5.75 Å². The number of esters is 1. The van der Waals surface area contributed by atoms with Gasteiger partial charge in [-0.15, -0.1) is 0 Å². The first kappa shape index (κ1) is 11.2. The van der Waals surface area contributed by atoms with Gasteiger partial charge in [0.05, 0.1) is 7.11 Å². The molecular formula is C10H9FO4.